The maximum Gasteiger partial charge on any atom is 0.407 e. The number of fused-ring (bicyclic) bond motifs is 1. The van der Waals surface area contributed by atoms with E-state index in [2.05, 4.69) is 15.6 Å². The lowest BCUT2D eigenvalue weighted by molar-refractivity contribution is -0.138. The van der Waals surface area contributed by atoms with E-state index in [4.69, 9.17) is 10.5 Å². The number of carbonyl (C=O) groups is 3. The minimum atomic E-state index is -0.389. The summed E-state index contributed by atoms with van der Waals surface area (Å²) in [7, 11) is 1.54. The molecule has 202 valence electrons. The van der Waals surface area contributed by atoms with Crippen LogP contribution in [0.3, 0.4) is 0 Å². The van der Waals surface area contributed by atoms with Gasteiger partial charge in [-0.25, -0.2) is 9.78 Å². The van der Waals surface area contributed by atoms with E-state index in [0.29, 0.717) is 24.5 Å². The van der Waals surface area contributed by atoms with Crippen molar-refractivity contribution in [2.45, 2.75) is 83.4 Å². The molecular weight excluding hydrogens is 490 g/mol. The van der Waals surface area contributed by atoms with Gasteiger partial charge in [-0.05, 0) is 58.4 Å². The first kappa shape index (κ1) is 28.4. The molecule has 2 aliphatic rings. The number of nitrogen functional groups attached to an aromatic ring is 1. The molecule has 0 bridgehead atoms. The second-order valence-corrected chi connectivity index (χ2v) is 11.5. The second kappa shape index (κ2) is 12.9. The number of hydrogen-bond acceptors (Lipinski definition) is 7. The number of thiazole rings is 1. The van der Waals surface area contributed by atoms with Gasteiger partial charge in [-0.3, -0.25) is 9.59 Å². The second-order valence-electron chi connectivity index (χ2n) is 10.4. The predicted molar refractivity (Wildman–Crippen MR) is 145 cm³/mol. The first-order chi connectivity index (χ1) is 17.6. The number of likely N-dealkylation sites (tertiary alicyclic amines) is 1. The quantitative estimate of drug-likeness (QED) is 0.544. The van der Waals surface area contributed by atoms with Gasteiger partial charge in [0.05, 0.1) is 5.69 Å². The van der Waals surface area contributed by atoms with Crippen LogP contribution in [0.1, 0.15) is 62.6 Å². The van der Waals surface area contributed by atoms with Crippen LogP contribution in [0.15, 0.2) is 30.3 Å². The molecule has 9 nitrogen and oxygen atoms in total. The summed E-state index contributed by atoms with van der Waals surface area (Å²) in [5.41, 5.74) is 7.64. The Hall–Kier alpha value is -3.14. The summed E-state index contributed by atoms with van der Waals surface area (Å²) in [6, 6.07) is 9.77. The van der Waals surface area contributed by atoms with Crippen molar-refractivity contribution < 1.29 is 19.1 Å². The highest BCUT2D eigenvalue weighted by Gasteiger charge is 2.35. The van der Waals surface area contributed by atoms with E-state index >= 15 is 0 Å². The zero-order valence-electron chi connectivity index (χ0n) is 22.2. The Morgan fingerprint density at radius 2 is 1.92 bits per heavy atom. The molecule has 0 saturated carbocycles. The van der Waals surface area contributed by atoms with E-state index < -0.39 is 0 Å². The summed E-state index contributed by atoms with van der Waals surface area (Å²) in [4.78, 5) is 43.4. The Morgan fingerprint density at radius 3 is 2.57 bits per heavy atom. The van der Waals surface area contributed by atoms with Crippen LogP contribution >= 0.6 is 11.3 Å². The average Bonchev–Trinajstić information content (AvgIpc) is 3.48. The summed E-state index contributed by atoms with van der Waals surface area (Å²) in [6.07, 6.45) is 4.90. The average molecular weight is 530 g/mol. The van der Waals surface area contributed by atoms with Gasteiger partial charge in [-0.2, -0.15) is 0 Å². The van der Waals surface area contributed by atoms with Gasteiger partial charge >= 0.3 is 6.09 Å². The Morgan fingerprint density at radius 1 is 1.19 bits per heavy atom. The fraction of sp³-hybridized carbons (Fsp3) is 0.556. The predicted octanol–water partition coefficient (Wildman–Crippen LogP) is 3.46. The zero-order valence-corrected chi connectivity index (χ0v) is 23.0. The SMILES string of the molecule is CNC(=O)OC(C)(C)C.Nc1nc2c(s1)CC(NC(=O)[C@@H]1CCCN1C(=O)CCc1ccccc1)CC2. The number of nitrogens with two attached hydrogens (primary N) is 1. The molecule has 1 unspecified atom stereocenters. The van der Waals surface area contributed by atoms with Gasteiger partial charge in [0, 0.05) is 37.4 Å². The number of anilines is 1. The Balaban J connectivity index is 0.000000364. The van der Waals surface area contributed by atoms with Crippen LogP contribution < -0.4 is 16.4 Å². The summed E-state index contributed by atoms with van der Waals surface area (Å²) in [5, 5.41) is 6.14. The lowest BCUT2D eigenvalue weighted by atomic mass is 9.97. The number of rotatable bonds is 5. The highest BCUT2D eigenvalue weighted by atomic mass is 32.1. The molecule has 4 N–H and O–H groups in total. The molecule has 1 aromatic carbocycles. The van der Waals surface area contributed by atoms with E-state index in [-0.39, 0.29) is 35.6 Å². The molecule has 1 saturated heterocycles. The van der Waals surface area contributed by atoms with Crippen molar-refractivity contribution in [1.29, 1.82) is 0 Å². The van der Waals surface area contributed by atoms with Gasteiger partial charge in [-0.1, -0.05) is 30.3 Å². The van der Waals surface area contributed by atoms with Gasteiger partial charge < -0.3 is 26.0 Å². The highest BCUT2D eigenvalue weighted by Crippen LogP contribution is 2.28. The number of carbonyl (C=O) groups excluding carboxylic acids is 3. The van der Waals surface area contributed by atoms with Crippen LogP contribution in [0.5, 0.6) is 0 Å². The molecule has 3 amide bonds. The fourth-order valence-corrected chi connectivity index (χ4v) is 5.48. The lowest BCUT2D eigenvalue weighted by Gasteiger charge is -2.28. The van der Waals surface area contributed by atoms with Crippen molar-refractivity contribution in [1.82, 2.24) is 20.5 Å². The number of hydrogen-bond donors (Lipinski definition) is 3. The number of aromatic nitrogens is 1. The number of benzene rings is 1. The molecule has 37 heavy (non-hydrogen) atoms. The van der Waals surface area contributed by atoms with Crippen molar-refractivity contribution in [3.05, 3.63) is 46.5 Å². The molecule has 1 aromatic heterocycles. The molecule has 4 rings (SSSR count). The van der Waals surface area contributed by atoms with Crippen LogP contribution in [0.25, 0.3) is 0 Å². The zero-order chi connectivity index (χ0) is 27.0. The molecular formula is C27H39N5O4S. The number of nitrogens with one attached hydrogen (secondary N) is 2. The molecule has 0 spiro atoms. The highest BCUT2D eigenvalue weighted by molar-refractivity contribution is 7.15. The minimum Gasteiger partial charge on any atom is -0.444 e. The Kier molecular flexibility index (Phi) is 9.91. The number of alkyl carbamates (subject to hydrolysis) is 1. The minimum absolute atomic E-state index is 0.0171. The number of nitrogens with zero attached hydrogens (tertiary/aromatic N) is 2. The number of amides is 3. The van der Waals surface area contributed by atoms with Crippen LogP contribution in [0.2, 0.25) is 0 Å². The van der Waals surface area contributed by atoms with Crippen molar-refractivity contribution in [3.63, 3.8) is 0 Å². The first-order valence-corrected chi connectivity index (χ1v) is 13.7. The normalized spacial score (nSPS) is 18.8. The maximum absolute atomic E-state index is 12.9. The topological polar surface area (TPSA) is 127 Å². The Bertz CT molecular complexity index is 1070. The first-order valence-electron chi connectivity index (χ1n) is 12.8. The van der Waals surface area contributed by atoms with E-state index in [1.54, 1.807) is 4.90 Å². The maximum atomic E-state index is 12.9. The summed E-state index contributed by atoms with van der Waals surface area (Å²) in [6.45, 7) is 6.14. The van der Waals surface area contributed by atoms with Crippen LogP contribution in [0.4, 0.5) is 9.93 Å². The molecule has 10 heteroatoms. The molecule has 1 aliphatic carbocycles. The molecule has 2 heterocycles. The van der Waals surface area contributed by atoms with Gasteiger partial charge in [0.25, 0.3) is 0 Å². The van der Waals surface area contributed by atoms with Crippen molar-refractivity contribution in [2.75, 3.05) is 19.3 Å². The third-order valence-corrected chi connectivity index (χ3v) is 7.20. The Labute approximate surface area is 223 Å². The van der Waals surface area contributed by atoms with E-state index in [9.17, 15) is 14.4 Å². The van der Waals surface area contributed by atoms with E-state index in [1.165, 1.54) is 23.3 Å². The van der Waals surface area contributed by atoms with Crippen LogP contribution in [-0.4, -0.2) is 59.1 Å². The van der Waals surface area contributed by atoms with E-state index in [0.717, 1.165) is 43.4 Å². The fourth-order valence-electron chi connectivity index (χ4n) is 4.52. The molecule has 2 atom stereocenters. The molecule has 1 fully saturated rings. The standard InChI is InChI=1S/C21H26N4O2S.C6H13NO2/c22-21-24-16-10-9-15(13-18(16)28-21)23-20(27)17-7-4-12-25(17)19(26)11-8-14-5-2-1-3-6-14;1-6(2,3)9-5(8)7-4/h1-3,5-6,15,17H,4,7-13H2,(H2,22,24)(H,23,27);1-4H3,(H,7,8)/t15?,17-;/m0./s1. The third kappa shape index (κ3) is 8.73. The lowest BCUT2D eigenvalue weighted by Crippen LogP contribution is -2.50. The van der Waals surface area contributed by atoms with Crippen molar-refractivity contribution in [3.8, 4) is 0 Å². The van der Waals surface area contributed by atoms with E-state index in [1.807, 2.05) is 51.1 Å². The van der Waals surface area contributed by atoms with Gasteiger partial charge in [0.2, 0.25) is 11.8 Å². The number of ether oxygens (including phenoxy) is 1. The summed E-state index contributed by atoms with van der Waals surface area (Å²) in [5.74, 6) is 0.0548. The largest absolute Gasteiger partial charge is 0.444 e. The third-order valence-electron chi connectivity index (χ3n) is 6.25. The van der Waals surface area contributed by atoms with Crippen molar-refractivity contribution >= 4 is 34.4 Å². The molecule has 2 aromatic rings. The summed E-state index contributed by atoms with van der Waals surface area (Å²) < 4.78 is 4.84. The van der Waals surface area contributed by atoms with Crippen LogP contribution in [0, 0.1) is 0 Å². The van der Waals surface area contributed by atoms with Gasteiger partial charge in [-0.15, -0.1) is 11.3 Å². The van der Waals surface area contributed by atoms with Gasteiger partial charge in [0.1, 0.15) is 11.6 Å². The van der Waals surface area contributed by atoms with Crippen LogP contribution in [-0.2, 0) is 33.6 Å². The monoisotopic (exact) mass is 529 g/mol. The van der Waals surface area contributed by atoms with Gasteiger partial charge in [0.15, 0.2) is 5.13 Å². The molecule has 1 aliphatic heterocycles. The smallest absolute Gasteiger partial charge is 0.407 e. The summed E-state index contributed by atoms with van der Waals surface area (Å²) >= 11 is 1.51. The molecule has 0 radical (unpaired) electrons. The number of aryl methyl sites for hydroxylation is 2. The van der Waals surface area contributed by atoms with Crippen molar-refractivity contribution in [2.24, 2.45) is 0 Å².